The van der Waals surface area contributed by atoms with E-state index in [4.69, 9.17) is 5.26 Å². The molecule has 9 heteroatoms. The fourth-order valence-electron chi connectivity index (χ4n) is 3.70. The van der Waals surface area contributed by atoms with Crippen LogP contribution in [0, 0.1) is 17.1 Å². The molecule has 0 radical (unpaired) electrons. The predicted molar refractivity (Wildman–Crippen MR) is 121 cm³/mol. The van der Waals surface area contributed by atoms with Crippen molar-refractivity contribution in [1.82, 2.24) is 15.5 Å². The summed E-state index contributed by atoms with van der Waals surface area (Å²) in [5, 5.41) is 17.2. The molecule has 1 atom stereocenters. The van der Waals surface area contributed by atoms with Crippen LogP contribution in [-0.2, 0) is 16.0 Å². The molecule has 0 unspecified atom stereocenters. The number of nitrogens with zero attached hydrogens (tertiary/aromatic N) is 2. The lowest BCUT2D eigenvalue weighted by atomic mass is 10.0. The van der Waals surface area contributed by atoms with Gasteiger partial charge in [0.25, 0.3) is 0 Å². The van der Waals surface area contributed by atoms with Crippen LogP contribution in [0.3, 0.4) is 0 Å². The van der Waals surface area contributed by atoms with Crippen molar-refractivity contribution in [3.05, 3.63) is 65.5 Å². The van der Waals surface area contributed by atoms with Gasteiger partial charge in [-0.3, -0.25) is 9.59 Å². The summed E-state index contributed by atoms with van der Waals surface area (Å²) in [6, 6.07) is 13.5. The fourth-order valence-corrected chi connectivity index (χ4v) is 3.70. The Morgan fingerprint density at radius 3 is 2.39 bits per heavy atom. The van der Waals surface area contributed by atoms with Crippen LogP contribution in [0.15, 0.2) is 48.5 Å². The zero-order valence-electron chi connectivity index (χ0n) is 18.3. The number of likely N-dealkylation sites (tertiary alicyclic amines) is 1. The number of benzene rings is 2. The van der Waals surface area contributed by atoms with Gasteiger partial charge in [-0.15, -0.1) is 0 Å². The Labute approximate surface area is 191 Å². The Balaban J connectivity index is 1.52. The third kappa shape index (κ3) is 6.77. The maximum Gasteiger partial charge on any atom is 0.321 e. The summed E-state index contributed by atoms with van der Waals surface area (Å²) in [4.78, 5) is 38.5. The van der Waals surface area contributed by atoms with Crippen molar-refractivity contribution in [2.45, 2.75) is 38.3 Å². The summed E-state index contributed by atoms with van der Waals surface area (Å²) >= 11 is 0. The van der Waals surface area contributed by atoms with Crippen molar-refractivity contribution in [3.8, 4) is 6.07 Å². The number of anilines is 1. The van der Waals surface area contributed by atoms with Crippen LogP contribution in [-0.4, -0.2) is 47.9 Å². The Hall–Kier alpha value is -3.93. The van der Waals surface area contributed by atoms with Crippen molar-refractivity contribution in [2.24, 2.45) is 0 Å². The number of carbonyl (C=O) groups excluding carboxylic acids is 3. The van der Waals surface area contributed by atoms with Crippen molar-refractivity contribution < 1.29 is 18.8 Å². The molecule has 0 aliphatic carbocycles. The van der Waals surface area contributed by atoms with Crippen LogP contribution in [0.1, 0.15) is 30.9 Å². The van der Waals surface area contributed by atoms with Gasteiger partial charge in [0.2, 0.25) is 11.8 Å². The minimum atomic E-state index is -0.892. The molecule has 3 rings (SSSR count). The number of hydrogen-bond donors (Lipinski definition) is 3. The summed E-state index contributed by atoms with van der Waals surface area (Å²) in [6.07, 6.45) is 1.15. The molecule has 8 nitrogen and oxygen atoms in total. The minimum absolute atomic E-state index is 0.0456. The molecule has 0 bridgehead atoms. The predicted octanol–water partition coefficient (Wildman–Crippen LogP) is 2.56. The third-order valence-electron chi connectivity index (χ3n) is 5.47. The smallest absolute Gasteiger partial charge is 0.321 e. The zero-order valence-corrected chi connectivity index (χ0v) is 18.3. The second-order valence-corrected chi connectivity index (χ2v) is 7.94. The Bertz CT molecular complexity index is 1040. The van der Waals surface area contributed by atoms with Crippen LogP contribution in [0.5, 0.6) is 0 Å². The molecule has 1 aliphatic rings. The topological polar surface area (TPSA) is 114 Å². The first-order chi connectivity index (χ1) is 15.9. The van der Waals surface area contributed by atoms with E-state index < -0.39 is 11.9 Å². The number of amides is 4. The van der Waals surface area contributed by atoms with Crippen LogP contribution < -0.4 is 16.0 Å². The van der Waals surface area contributed by atoms with Crippen molar-refractivity contribution in [3.63, 3.8) is 0 Å². The second-order valence-electron chi connectivity index (χ2n) is 7.94. The lowest BCUT2D eigenvalue weighted by Gasteiger charge is -2.33. The number of carbonyl (C=O) groups is 3. The van der Waals surface area contributed by atoms with Crippen LogP contribution in [0.25, 0.3) is 0 Å². The first-order valence-electron chi connectivity index (χ1n) is 10.7. The normalized spacial score (nSPS) is 14.6. The van der Waals surface area contributed by atoms with Gasteiger partial charge in [-0.1, -0.05) is 18.2 Å². The van der Waals surface area contributed by atoms with E-state index in [1.165, 1.54) is 13.0 Å². The van der Waals surface area contributed by atoms with Crippen LogP contribution in [0.2, 0.25) is 0 Å². The molecule has 33 heavy (non-hydrogen) atoms. The maximum absolute atomic E-state index is 14.0. The number of piperidine rings is 1. The van der Waals surface area contributed by atoms with Crippen molar-refractivity contribution in [2.75, 3.05) is 18.4 Å². The first-order valence-corrected chi connectivity index (χ1v) is 10.7. The van der Waals surface area contributed by atoms with Gasteiger partial charge in [0, 0.05) is 38.2 Å². The number of hydrogen-bond acceptors (Lipinski definition) is 4. The summed E-state index contributed by atoms with van der Waals surface area (Å²) in [6.45, 7) is 2.21. The highest BCUT2D eigenvalue weighted by molar-refractivity contribution is 5.89. The molecule has 3 N–H and O–H groups in total. The molecular weight excluding hydrogens is 425 g/mol. The van der Waals surface area contributed by atoms with E-state index in [2.05, 4.69) is 16.0 Å². The van der Waals surface area contributed by atoms with Gasteiger partial charge in [0.05, 0.1) is 11.6 Å². The molecule has 4 amide bonds. The zero-order chi connectivity index (χ0) is 23.8. The number of nitriles is 1. The molecule has 2 aromatic rings. The Morgan fingerprint density at radius 2 is 1.79 bits per heavy atom. The van der Waals surface area contributed by atoms with Crippen LogP contribution >= 0.6 is 0 Å². The van der Waals surface area contributed by atoms with Gasteiger partial charge in [0.1, 0.15) is 11.9 Å². The van der Waals surface area contributed by atoms with E-state index in [9.17, 15) is 18.8 Å². The number of rotatable bonds is 6. The molecule has 172 valence electrons. The SMILES string of the molecule is CC(=O)N[C@@H](Cc1ccccc1F)C(=O)NC1CCN(C(=O)Nc2ccc(C#N)cc2)CC1. The molecule has 1 fully saturated rings. The summed E-state index contributed by atoms with van der Waals surface area (Å²) in [5.41, 5.74) is 1.46. The van der Waals surface area contributed by atoms with E-state index >= 15 is 0 Å². The number of urea groups is 1. The largest absolute Gasteiger partial charge is 0.351 e. The molecular formula is C24H26FN5O3. The van der Waals surface area contributed by atoms with E-state index in [-0.39, 0.29) is 30.3 Å². The molecule has 1 saturated heterocycles. The van der Waals surface area contributed by atoms with E-state index in [1.807, 2.05) is 6.07 Å². The van der Waals surface area contributed by atoms with Gasteiger partial charge in [-0.25, -0.2) is 9.18 Å². The minimum Gasteiger partial charge on any atom is -0.351 e. The highest BCUT2D eigenvalue weighted by Gasteiger charge is 2.27. The van der Waals surface area contributed by atoms with Gasteiger partial charge in [-0.2, -0.15) is 5.26 Å². The summed E-state index contributed by atoms with van der Waals surface area (Å²) < 4.78 is 14.0. The highest BCUT2D eigenvalue weighted by Crippen LogP contribution is 2.15. The quantitative estimate of drug-likeness (QED) is 0.626. The van der Waals surface area contributed by atoms with Crippen molar-refractivity contribution >= 4 is 23.5 Å². The average Bonchev–Trinajstić information content (AvgIpc) is 2.80. The van der Waals surface area contributed by atoms with E-state index in [0.717, 1.165) is 0 Å². The van der Waals surface area contributed by atoms with Crippen LogP contribution in [0.4, 0.5) is 14.9 Å². The molecule has 1 heterocycles. The second kappa shape index (κ2) is 11.1. The fraction of sp³-hybridized carbons (Fsp3) is 0.333. The molecule has 1 aliphatic heterocycles. The summed E-state index contributed by atoms with van der Waals surface area (Å²) in [5.74, 6) is -1.18. The van der Waals surface area contributed by atoms with E-state index in [0.29, 0.717) is 42.7 Å². The van der Waals surface area contributed by atoms with Gasteiger partial charge in [0.15, 0.2) is 0 Å². The number of halogens is 1. The standard InChI is InChI=1S/C24H26FN5O3/c1-16(31)27-22(14-18-4-2-3-5-21(18)25)23(32)28-20-10-12-30(13-11-20)24(33)29-19-8-6-17(15-26)7-9-19/h2-9,20,22H,10-14H2,1H3,(H,27,31)(H,28,32)(H,29,33)/t22-/m0/s1. The Kier molecular flexibility index (Phi) is 7.97. The molecule has 2 aromatic carbocycles. The maximum atomic E-state index is 14.0. The average molecular weight is 452 g/mol. The van der Waals surface area contributed by atoms with Gasteiger partial charge >= 0.3 is 6.03 Å². The van der Waals surface area contributed by atoms with Gasteiger partial charge in [-0.05, 0) is 48.7 Å². The lowest BCUT2D eigenvalue weighted by molar-refractivity contribution is -0.128. The molecule has 0 saturated carbocycles. The highest BCUT2D eigenvalue weighted by atomic mass is 19.1. The Morgan fingerprint density at radius 1 is 1.12 bits per heavy atom. The van der Waals surface area contributed by atoms with E-state index in [1.54, 1.807) is 47.4 Å². The molecule has 0 spiro atoms. The monoisotopic (exact) mass is 451 g/mol. The summed E-state index contributed by atoms with van der Waals surface area (Å²) in [7, 11) is 0. The van der Waals surface area contributed by atoms with Crippen molar-refractivity contribution in [1.29, 1.82) is 5.26 Å². The number of nitrogens with one attached hydrogen (secondary N) is 3. The third-order valence-corrected chi connectivity index (χ3v) is 5.47. The van der Waals surface area contributed by atoms with Gasteiger partial charge < -0.3 is 20.9 Å². The first kappa shape index (κ1) is 23.7. The molecule has 0 aromatic heterocycles. The lowest BCUT2D eigenvalue weighted by Crippen LogP contribution is -2.53.